The van der Waals surface area contributed by atoms with Crippen molar-refractivity contribution in [2.75, 3.05) is 41.0 Å². The minimum Gasteiger partial charge on any atom is -0.477 e. The van der Waals surface area contributed by atoms with Gasteiger partial charge < -0.3 is 23.8 Å². The number of carbonyl (C=O) groups excluding carboxylic acids is 2. The summed E-state index contributed by atoms with van der Waals surface area (Å²) in [5, 5.41) is 9.59. The molecule has 8 nitrogen and oxygen atoms in total. The zero-order valence-electron chi connectivity index (χ0n) is 36.5. The maximum Gasteiger partial charge on any atom is 0.362 e. The van der Waals surface area contributed by atoms with Crippen molar-refractivity contribution < 1.29 is 38.2 Å². The van der Waals surface area contributed by atoms with Crippen LogP contribution in [0.4, 0.5) is 0 Å². The Morgan fingerprint density at radius 3 is 1.15 bits per heavy atom. The number of esters is 2. The van der Waals surface area contributed by atoms with E-state index >= 15 is 0 Å². The molecule has 0 bridgehead atoms. The van der Waals surface area contributed by atoms with E-state index in [2.05, 4.69) is 13.8 Å². The van der Waals surface area contributed by atoms with Crippen LogP contribution in [-0.2, 0) is 28.6 Å². The minimum atomic E-state index is -0.872. The monoisotopic (exact) mass is 769 g/mol. The van der Waals surface area contributed by atoms with E-state index in [0.29, 0.717) is 19.3 Å². The topological polar surface area (TPSA) is 99.1 Å². The standard InChI is InChI=1S/C46H89NO7/c1-6-8-10-12-14-16-17-18-19-20-21-22-23-24-25-26-27-28-29-31-32-34-36-44(48)53-41-42(40-52-39-38-43(46(50)51)47(3,4)5)54-45(49)37-35-33-30-15-13-11-9-7-2/h42-43H,6-41H2,1-5H3/p+1. The summed E-state index contributed by atoms with van der Waals surface area (Å²) in [6, 6.07) is -0.607. The lowest BCUT2D eigenvalue weighted by Crippen LogP contribution is -2.50. The number of hydrogen-bond donors (Lipinski definition) is 1. The zero-order chi connectivity index (χ0) is 40.0. The van der Waals surface area contributed by atoms with Crippen LogP contribution < -0.4 is 0 Å². The number of hydrogen-bond acceptors (Lipinski definition) is 6. The van der Waals surface area contributed by atoms with Gasteiger partial charge in [-0.2, -0.15) is 0 Å². The average Bonchev–Trinajstić information content (AvgIpc) is 3.12. The molecule has 54 heavy (non-hydrogen) atoms. The number of aliphatic carboxylic acids is 1. The Morgan fingerprint density at radius 2 is 0.815 bits per heavy atom. The van der Waals surface area contributed by atoms with E-state index in [-0.39, 0.29) is 36.2 Å². The van der Waals surface area contributed by atoms with Crippen molar-refractivity contribution in [2.24, 2.45) is 0 Å². The van der Waals surface area contributed by atoms with E-state index in [4.69, 9.17) is 14.2 Å². The highest BCUT2D eigenvalue weighted by atomic mass is 16.6. The molecule has 0 rings (SSSR count). The lowest BCUT2D eigenvalue weighted by Gasteiger charge is -2.31. The summed E-state index contributed by atoms with van der Waals surface area (Å²) < 4.78 is 17.2. The predicted octanol–water partition coefficient (Wildman–Crippen LogP) is 12.5. The number of carboxylic acids is 1. The van der Waals surface area contributed by atoms with Crippen LogP contribution in [-0.4, -0.2) is 80.6 Å². The molecule has 0 aliphatic carbocycles. The third kappa shape index (κ3) is 36.0. The van der Waals surface area contributed by atoms with Gasteiger partial charge in [0.1, 0.15) is 6.61 Å². The lowest BCUT2D eigenvalue weighted by atomic mass is 10.0. The molecule has 0 aliphatic heterocycles. The van der Waals surface area contributed by atoms with Crippen molar-refractivity contribution >= 4 is 17.9 Å². The molecule has 0 aromatic carbocycles. The second-order valence-electron chi connectivity index (χ2n) is 17.0. The van der Waals surface area contributed by atoms with Crippen molar-refractivity contribution in [3.05, 3.63) is 0 Å². The van der Waals surface area contributed by atoms with Gasteiger partial charge in [-0.3, -0.25) is 9.59 Å². The Morgan fingerprint density at radius 1 is 0.481 bits per heavy atom. The van der Waals surface area contributed by atoms with Gasteiger partial charge in [0.05, 0.1) is 34.4 Å². The third-order valence-electron chi connectivity index (χ3n) is 10.8. The van der Waals surface area contributed by atoms with Crippen molar-refractivity contribution in [1.82, 2.24) is 0 Å². The van der Waals surface area contributed by atoms with Crippen LogP contribution in [0.1, 0.15) is 226 Å². The summed E-state index contributed by atoms with van der Waals surface area (Å²) in [7, 11) is 5.53. The summed E-state index contributed by atoms with van der Waals surface area (Å²) >= 11 is 0. The Bertz CT molecular complexity index is 858. The van der Waals surface area contributed by atoms with Gasteiger partial charge in [0.25, 0.3) is 0 Å². The van der Waals surface area contributed by atoms with Gasteiger partial charge in [0.2, 0.25) is 0 Å². The molecule has 2 unspecified atom stereocenters. The van der Waals surface area contributed by atoms with E-state index in [1.54, 1.807) is 0 Å². The van der Waals surface area contributed by atoms with E-state index in [9.17, 15) is 19.5 Å². The number of ether oxygens (including phenoxy) is 3. The maximum atomic E-state index is 12.6. The number of carboxylic acid groups (broad SMARTS) is 1. The van der Waals surface area contributed by atoms with Gasteiger partial charge in [-0.15, -0.1) is 0 Å². The number of carbonyl (C=O) groups is 3. The first-order valence-electron chi connectivity index (χ1n) is 23.1. The summed E-state index contributed by atoms with van der Waals surface area (Å²) in [6.07, 6.45) is 38.8. The Hall–Kier alpha value is -1.67. The molecule has 0 radical (unpaired) electrons. The fourth-order valence-corrected chi connectivity index (χ4v) is 7.15. The molecule has 1 N–H and O–H groups in total. The highest BCUT2D eigenvalue weighted by Gasteiger charge is 2.31. The highest BCUT2D eigenvalue weighted by molar-refractivity contribution is 5.72. The number of nitrogens with zero attached hydrogens (tertiary/aromatic N) is 1. The van der Waals surface area contributed by atoms with Gasteiger partial charge in [0, 0.05) is 19.3 Å². The van der Waals surface area contributed by atoms with Crippen LogP contribution in [0, 0.1) is 0 Å². The summed E-state index contributed by atoms with van der Waals surface area (Å²) in [5.74, 6) is -1.45. The van der Waals surface area contributed by atoms with Crippen LogP contribution in [0.25, 0.3) is 0 Å². The molecule has 0 spiro atoms. The van der Waals surface area contributed by atoms with Crippen molar-refractivity contribution in [3.63, 3.8) is 0 Å². The smallest absolute Gasteiger partial charge is 0.362 e. The first-order chi connectivity index (χ1) is 26.1. The molecule has 0 fully saturated rings. The first-order valence-corrected chi connectivity index (χ1v) is 23.1. The summed E-state index contributed by atoms with van der Waals surface area (Å²) in [5.41, 5.74) is 0. The van der Waals surface area contributed by atoms with Crippen LogP contribution in [0.2, 0.25) is 0 Å². The zero-order valence-corrected chi connectivity index (χ0v) is 36.5. The fourth-order valence-electron chi connectivity index (χ4n) is 7.15. The van der Waals surface area contributed by atoms with Gasteiger partial charge in [-0.1, -0.05) is 194 Å². The number of likely N-dealkylation sites (N-methyl/N-ethyl adjacent to an activating group) is 1. The molecule has 0 aromatic heterocycles. The minimum absolute atomic E-state index is 0.0427. The van der Waals surface area contributed by atoms with Crippen LogP contribution in [0.3, 0.4) is 0 Å². The van der Waals surface area contributed by atoms with Crippen LogP contribution >= 0.6 is 0 Å². The van der Waals surface area contributed by atoms with Gasteiger partial charge in [-0.25, -0.2) is 4.79 Å². The van der Waals surface area contributed by atoms with Crippen molar-refractivity contribution in [3.8, 4) is 0 Å². The fraction of sp³-hybridized carbons (Fsp3) is 0.935. The molecule has 0 amide bonds. The van der Waals surface area contributed by atoms with Crippen molar-refractivity contribution in [2.45, 2.75) is 238 Å². The first kappa shape index (κ1) is 52.3. The van der Waals surface area contributed by atoms with E-state index < -0.39 is 18.1 Å². The number of unbranched alkanes of at least 4 members (excludes halogenated alkanes) is 28. The third-order valence-corrected chi connectivity index (χ3v) is 10.8. The molecule has 0 aromatic rings. The SMILES string of the molecule is CCCCCCCCCCCCCCCCCCCCCCCCC(=O)OCC(COCCC(C(=O)O)[N+](C)(C)C)OC(=O)CCCCCCCCCC. The van der Waals surface area contributed by atoms with Crippen molar-refractivity contribution in [1.29, 1.82) is 0 Å². The van der Waals surface area contributed by atoms with Crippen LogP contribution in [0.5, 0.6) is 0 Å². The van der Waals surface area contributed by atoms with Gasteiger partial charge >= 0.3 is 17.9 Å². The molecular formula is C46H90NO7+. The lowest BCUT2D eigenvalue weighted by molar-refractivity contribution is -0.887. The molecular weight excluding hydrogens is 679 g/mol. The highest BCUT2D eigenvalue weighted by Crippen LogP contribution is 2.16. The van der Waals surface area contributed by atoms with Crippen LogP contribution in [0.15, 0.2) is 0 Å². The van der Waals surface area contributed by atoms with Gasteiger partial charge in [0.15, 0.2) is 12.1 Å². The Kier molecular flexibility index (Phi) is 37.0. The Balaban J connectivity index is 4.07. The van der Waals surface area contributed by atoms with E-state index in [1.165, 1.54) is 154 Å². The summed E-state index contributed by atoms with van der Waals surface area (Å²) in [4.78, 5) is 36.8. The molecule has 320 valence electrons. The van der Waals surface area contributed by atoms with E-state index in [1.807, 2.05) is 21.1 Å². The molecule has 2 atom stereocenters. The molecule has 0 aliphatic rings. The van der Waals surface area contributed by atoms with E-state index in [0.717, 1.165) is 38.5 Å². The second kappa shape index (κ2) is 38.2. The molecule has 8 heteroatoms. The van der Waals surface area contributed by atoms with Gasteiger partial charge in [-0.05, 0) is 12.8 Å². The largest absolute Gasteiger partial charge is 0.477 e. The molecule has 0 saturated carbocycles. The normalized spacial score (nSPS) is 12.8. The quantitative estimate of drug-likeness (QED) is 0.0375. The maximum absolute atomic E-state index is 12.6. The number of quaternary nitrogens is 1. The summed E-state index contributed by atoms with van der Waals surface area (Å²) in [6.45, 7) is 4.74. The average molecular weight is 769 g/mol. The predicted molar refractivity (Wildman–Crippen MR) is 225 cm³/mol. The Labute approximate surface area is 334 Å². The molecule has 0 heterocycles. The second-order valence-corrected chi connectivity index (χ2v) is 17.0. The molecule has 0 saturated heterocycles. The number of rotatable bonds is 42.